The molecule has 8 heteroatoms. The van der Waals surface area contributed by atoms with E-state index in [0.29, 0.717) is 24.2 Å². The van der Waals surface area contributed by atoms with Crippen LogP contribution in [0.5, 0.6) is 5.88 Å². The third-order valence-electron chi connectivity index (χ3n) is 5.23. The predicted molar refractivity (Wildman–Crippen MR) is 109 cm³/mol. The summed E-state index contributed by atoms with van der Waals surface area (Å²) < 4.78 is 27.0. The molecule has 1 atom stereocenters. The largest absolute Gasteiger partial charge is 0.446 e. The van der Waals surface area contributed by atoms with Crippen LogP contribution in [-0.4, -0.2) is 40.1 Å². The fourth-order valence-electron chi connectivity index (χ4n) is 3.80. The summed E-state index contributed by atoms with van der Waals surface area (Å²) >= 11 is 0. The fraction of sp³-hybridized carbons (Fsp3) is 0.364. The maximum absolute atomic E-state index is 13.3. The number of aliphatic hydroxyl groups excluding tert-OH is 1. The highest BCUT2D eigenvalue weighted by Crippen LogP contribution is 2.32. The van der Waals surface area contributed by atoms with Crippen LogP contribution in [0.3, 0.4) is 0 Å². The monoisotopic (exact) mass is 413 g/mol. The number of pyridine rings is 1. The summed E-state index contributed by atoms with van der Waals surface area (Å²) in [5.41, 5.74) is 7.82. The summed E-state index contributed by atoms with van der Waals surface area (Å²) in [5.74, 6) is -0.715. The molecule has 1 saturated heterocycles. The molecule has 2 aromatic heterocycles. The number of rotatable bonds is 7. The normalized spacial score (nSPS) is 16.7. The van der Waals surface area contributed by atoms with Crippen LogP contribution in [0.2, 0.25) is 0 Å². The third-order valence-corrected chi connectivity index (χ3v) is 5.23. The highest BCUT2D eigenvalue weighted by Gasteiger charge is 2.24. The average molecular weight is 413 g/mol. The summed E-state index contributed by atoms with van der Waals surface area (Å²) in [7, 11) is 0. The van der Waals surface area contributed by atoms with Gasteiger partial charge in [0.05, 0.1) is 6.61 Å². The second-order valence-corrected chi connectivity index (χ2v) is 7.33. The number of halogens is 1. The first-order valence-corrected chi connectivity index (χ1v) is 10.0. The van der Waals surface area contributed by atoms with Crippen LogP contribution in [0, 0.1) is 5.82 Å². The molecule has 3 aromatic rings. The van der Waals surface area contributed by atoms with Gasteiger partial charge in [-0.3, -0.25) is 4.79 Å². The average Bonchev–Trinajstić information content (AvgIpc) is 3.16. The standard InChI is InChI=1S/C22H24FN3O4/c23-15-6-4-14(5-7-15)13-26-10-8-17-16(9-11-27)19(21(24)28)25-22(20(17)26)30-18-3-1-2-12-29-18/h4-8,10,18,27H,1-3,9,11-13H2,(H2,24,28). The number of nitrogens with zero attached hydrogens (tertiary/aromatic N) is 2. The molecule has 30 heavy (non-hydrogen) atoms. The smallest absolute Gasteiger partial charge is 0.267 e. The maximum atomic E-state index is 13.3. The van der Waals surface area contributed by atoms with Crippen molar-refractivity contribution in [2.75, 3.05) is 13.2 Å². The molecular formula is C22H24FN3O4. The Morgan fingerprint density at radius 2 is 2.10 bits per heavy atom. The summed E-state index contributed by atoms with van der Waals surface area (Å²) in [5, 5.41) is 10.2. The number of hydrogen-bond donors (Lipinski definition) is 2. The zero-order valence-electron chi connectivity index (χ0n) is 16.5. The van der Waals surface area contributed by atoms with Gasteiger partial charge in [0.15, 0.2) is 0 Å². The first-order valence-electron chi connectivity index (χ1n) is 10.0. The Morgan fingerprint density at radius 3 is 2.77 bits per heavy atom. The van der Waals surface area contributed by atoms with Crippen molar-refractivity contribution in [3.8, 4) is 5.88 Å². The molecular weight excluding hydrogens is 389 g/mol. The number of primary amides is 1. The molecule has 1 amide bonds. The molecule has 1 aliphatic heterocycles. The van der Waals surface area contributed by atoms with Gasteiger partial charge in [0.25, 0.3) is 5.91 Å². The second kappa shape index (κ2) is 8.81. The van der Waals surface area contributed by atoms with Crippen LogP contribution in [0.1, 0.15) is 40.9 Å². The Kier molecular flexibility index (Phi) is 5.96. The number of aromatic nitrogens is 2. The Morgan fingerprint density at radius 1 is 1.30 bits per heavy atom. The van der Waals surface area contributed by atoms with Crippen LogP contribution in [0.4, 0.5) is 4.39 Å². The van der Waals surface area contributed by atoms with E-state index in [2.05, 4.69) is 4.98 Å². The minimum atomic E-state index is -0.680. The van der Waals surface area contributed by atoms with E-state index in [0.717, 1.165) is 30.2 Å². The molecule has 1 unspecified atom stereocenters. The molecule has 3 N–H and O–H groups in total. The van der Waals surface area contributed by atoms with Crippen molar-refractivity contribution >= 4 is 16.8 Å². The van der Waals surface area contributed by atoms with Gasteiger partial charge in [-0.05, 0) is 48.6 Å². The van der Waals surface area contributed by atoms with Crippen molar-refractivity contribution in [1.82, 2.24) is 9.55 Å². The third kappa shape index (κ3) is 4.15. The lowest BCUT2D eigenvalue weighted by Gasteiger charge is -2.24. The Bertz CT molecular complexity index is 1040. The van der Waals surface area contributed by atoms with Crippen LogP contribution >= 0.6 is 0 Å². The highest BCUT2D eigenvalue weighted by molar-refractivity contribution is 5.99. The number of carbonyl (C=O) groups excluding carboxylic acids is 1. The molecule has 0 saturated carbocycles. The van der Waals surface area contributed by atoms with E-state index in [4.69, 9.17) is 15.2 Å². The summed E-state index contributed by atoms with van der Waals surface area (Å²) in [4.78, 5) is 16.5. The van der Waals surface area contributed by atoms with E-state index < -0.39 is 12.2 Å². The van der Waals surface area contributed by atoms with E-state index in [1.807, 2.05) is 16.8 Å². The van der Waals surface area contributed by atoms with E-state index in [1.165, 1.54) is 12.1 Å². The Hall–Kier alpha value is -2.97. The molecule has 1 aliphatic rings. The van der Waals surface area contributed by atoms with Crippen LogP contribution < -0.4 is 10.5 Å². The molecule has 7 nitrogen and oxygen atoms in total. The molecule has 3 heterocycles. The molecule has 158 valence electrons. The lowest BCUT2D eigenvalue weighted by atomic mass is 10.1. The quantitative estimate of drug-likeness (QED) is 0.621. The zero-order chi connectivity index (χ0) is 21.1. The Labute approximate surface area is 173 Å². The lowest BCUT2D eigenvalue weighted by Crippen LogP contribution is -2.26. The van der Waals surface area contributed by atoms with Gasteiger partial charge in [0.1, 0.15) is 17.0 Å². The van der Waals surface area contributed by atoms with E-state index in [1.54, 1.807) is 12.1 Å². The first-order chi connectivity index (χ1) is 14.6. The lowest BCUT2D eigenvalue weighted by molar-refractivity contribution is -0.107. The van der Waals surface area contributed by atoms with Gasteiger partial charge in [-0.25, -0.2) is 9.37 Å². The van der Waals surface area contributed by atoms with Gasteiger partial charge in [-0.1, -0.05) is 12.1 Å². The number of hydrogen-bond acceptors (Lipinski definition) is 5. The molecule has 1 aromatic carbocycles. The van der Waals surface area contributed by atoms with Gasteiger partial charge >= 0.3 is 0 Å². The summed E-state index contributed by atoms with van der Waals surface area (Å²) in [6.07, 6.45) is 4.33. The topological polar surface area (TPSA) is 99.6 Å². The summed E-state index contributed by atoms with van der Waals surface area (Å²) in [6.45, 7) is 0.920. The number of amides is 1. The maximum Gasteiger partial charge on any atom is 0.267 e. The van der Waals surface area contributed by atoms with Crippen LogP contribution in [-0.2, 0) is 17.7 Å². The second-order valence-electron chi connectivity index (χ2n) is 7.33. The number of ether oxygens (including phenoxy) is 2. The predicted octanol–water partition coefficient (Wildman–Crippen LogP) is 2.76. The van der Waals surface area contributed by atoms with Crippen LogP contribution in [0.15, 0.2) is 36.5 Å². The zero-order valence-corrected chi connectivity index (χ0v) is 16.5. The molecule has 0 bridgehead atoms. The van der Waals surface area contributed by atoms with Gasteiger partial charge in [-0.15, -0.1) is 0 Å². The summed E-state index contributed by atoms with van der Waals surface area (Å²) in [6, 6.07) is 8.11. The number of aliphatic hydroxyl groups is 1. The van der Waals surface area contributed by atoms with Gasteiger partial charge in [-0.2, -0.15) is 0 Å². The molecule has 0 radical (unpaired) electrons. The SMILES string of the molecule is NC(=O)c1nc(OC2CCCCO2)c2c(ccn2Cc2ccc(F)cc2)c1CCO. The van der Waals surface area contributed by atoms with Gasteiger partial charge < -0.3 is 24.9 Å². The fourth-order valence-corrected chi connectivity index (χ4v) is 3.80. The number of benzene rings is 1. The van der Waals surface area contributed by atoms with E-state index >= 15 is 0 Å². The Balaban J connectivity index is 1.82. The number of nitrogens with two attached hydrogens (primary N) is 1. The first kappa shape index (κ1) is 20.3. The van der Waals surface area contributed by atoms with Gasteiger partial charge in [0.2, 0.25) is 12.2 Å². The van der Waals surface area contributed by atoms with Crippen molar-refractivity contribution in [1.29, 1.82) is 0 Å². The highest BCUT2D eigenvalue weighted by atomic mass is 19.1. The van der Waals surface area contributed by atoms with E-state index in [-0.39, 0.29) is 30.4 Å². The van der Waals surface area contributed by atoms with Crippen molar-refractivity contribution in [2.24, 2.45) is 5.73 Å². The molecule has 1 fully saturated rings. The number of fused-ring (bicyclic) bond motifs is 1. The van der Waals surface area contributed by atoms with Crippen molar-refractivity contribution in [3.63, 3.8) is 0 Å². The van der Waals surface area contributed by atoms with Crippen LogP contribution in [0.25, 0.3) is 10.9 Å². The van der Waals surface area contributed by atoms with Crippen molar-refractivity contribution < 1.29 is 23.8 Å². The van der Waals surface area contributed by atoms with E-state index in [9.17, 15) is 14.3 Å². The molecule has 4 rings (SSSR count). The number of carbonyl (C=O) groups is 1. The minimum Gasteiger partial charge on any atom is -0.446 e. The van der Waals surface area contributed by atoms with Crippen molar-refractivity contribution in [3.05, 3.63) is 59.2 Å². The van der Waals surface area contributed by atoms with Crippen molar-refractivity contribution in [2.45, 2.75) is 38.5 Å². The van der Waals surface area contributed by atoms with Gasteiger partial charge in [0, 0.05) is 31.2 Å². The minimum absolute atomic E-state index is 0.0851. The molecule has 0 spiro atoms. The molecule has 0 aliphatic carbocycles.